The minimum atomic E-state index is 0.133. The van der Waals surface area contributed by atoms with Gasteiger partial charge < -0.3 is 4.90 Å². The van der Waals surface area contributed by atoms with Crippen LogP contribution < -0.4 is 0 Å². The van der Waals surface area contributed by atoms with Gasteiger partial charge in [-0.2, -0.15) is 5.26 Å². The lowest BCUT2D eigenvalue weighted by atomic mass is 9.94. The van der Waals surface area contributed by atoms with Crippen LogP contribution in [0.5, 0.6) is 0 Å². The van der Waals surface area contributed by atoms with Crippen LogP contribution in [0.15, 0.2) is 29.3 Å². The maximum absolute atomic E-state index is 12.3. The normalized spacial score (nSPS) is 21.8. The van der Waals surface area contributed by atoms with Crippen LogP contribution in [0.1, 0.15) is 37.7 Å². The molecule has 1 saturated carbocycles. The number of halogens is 1. The van der Waals surface area contributed by atoms with Gasteiger partial charge in [-0.1, -0.05) is 54.8 Å². The minimum absolute atomic E-state index is 0.133. The van der Waals surface area contributed by atoms with Crippen molar-refractivity contribution >= 4 is 34.8 Å². The second kappa shape index (κ2) is 6.76. The minimum Gasteiger partial charge on any atom is -0.302 e. The number of amides is 1. The van der Waals surface area contributed by atoms with Crippen LogP contribution in [0.2, 0.25) is 5.02 Å². The lowest BCUT2D eigenvalue weighted by molar-refractivity contribution is -0.127. The molecule has 0 spiro atoms. The van der Waals surface area contributed by atoms with Crippen LogP contribution in [-0.4, -0.2) is 22.6 Å². The van der Waals surface area contributed by atoms with E-state index in [1.54, 1.807) is 12.1 Å². The van der Waals surface area contributed by atoms with Gasteiger partial charge in [0.1, 0.15) is 6.07 Å². The molecular weight excluding hydrogens is 316 g/mol. The van der Waals surface area contributed by atoms with Crippen molar-refractivity contribution in [3.8, 4) is 6.07 Å². The van der Waals surface area contributed by atoms with Gasteiger partial charge in [0.05, 0.1) is 16.4 Å². The summed E-state index contributed by atoms with van der Waals surface area (Å²) in [5, 5.41) is 11.1. The number of rotatable bonds is 2. The number of thioether (sulfide) groups is 1. The SMILES string of the molecule is N#C/C(=C1/SCC(=O)N1C1CCCCC1)c1ccc(Cl)cc1. The smallest absolute Gasteiger partial charge is 0.238 e. The molecule has 0 bridgehead atoms. The summed E-state index contributed by atoms with van der Waals surface area (Å²) in [6.45, 7) is 0. The highest BCUT2D eigenvalue weighted by molar-refractivity contribution is 8.04. The summed E-state index contributed by atoms with van der Waals surface area (Å²) in [6, 6.07) is 9.79. The average molecular weight is 333 g/mol. The highest BCUT2D eigenvalue weighted by Crippen LogP contribution is 2.40. The van der Waals surface area contributed by atoms with E-state index in [9.17, 15) is 10.1 Å². The maximum Gasteiger partial charge on any atom is 0.238 e. The Morgan fingerprint density at radius 2 is 1.91 bits per heavy atom. The van der Waals surface area contributed by atoms with E-state index in [1.165, 1.54) is 18.2 Å². The molecule has 1 aliphatic heterocycles. The summed E-state index contributed by atoms with van der Waals surface area (Å²) in [7, 11) is 0. The fourth-order valence-corrected chi connectivity index (χ4v) is 4.36. The largest absolute Gasteiger partial charge is 0.302 e. The number of hydrogen-bond donors (Lipinski definition) is 0. The number of hydrogen-bond acceptors (Lipinski definition) is 3. The number of carbonyl (C=O) groups excluding carboxylic acids is 1. The van der Waals surface area contributed by atoms with Crippen molar-refractivity contribution in [2.75, 3.05) is 5.75 Å². The van der Waals surface area contributed by atoms with Gasteiger partial charge in [-0.05, 0) is 30.5 Å². The second-order valence-electron chi connectivity index (χ2n) is 5.64. The number of carbonyl (C=O) groups is 1. The third-order valence-corrected chi connectivity index (χ3v) is 5.54. The van der Waals surface area contributed by atoms with E-state index in [1.807, 2.05) is 17.0 Å². The summed E-state index contributed by atoms with van der Waals surface area (Å²) in [5.74, 6) is 0.568. The number of benzene rings is 1. The zero-order valence-corrected chi connectivity index (χ0v) is 13.8. The van der Waals surface area contributed by atoms with E-state index in [2.05, 4.69) is 6.07 Å². The van der Waals surface area contributed by atoms with Gasteiger partial charge in [0.25, 0.3) is 0 Å². The van der Waals surface area contributed by atoms with Crippen LogP contribution in [0.4, 0.5) is 0 Å². The van der Waals surface area contributed by atoms with Crippen molar-refractivity contribution in [3.63, 3.8) is 0 Å². The van der Waals surface area contributed by atoms with Crippen molar-refractivity contribution in [3.05, 3.63) is 39.9 Å². The Balaban J connectivity index is 1.99. The van der Waals surface area contributed by atoms with E-state index >= 15 is 0 Å². The lowest BCUT2D eigenvalue weighted by Crippen LogP contribution is -2.37. The molecule has 3 rings (SSSR count). The molecule has 1 aliphatic carbocycles. The first kappa shape index (κ1) is 15.5. The first-order valence-corrected chi connectivity index (χ1v) is 8.92. The Hall–Kier alpha value is -1.44. The molecule has 1 heterocycles. The van der Waals surface area contributed by atoms with Gasteiger partial charge in [-0.3, -0.25) is 4.79 Å². The second-order valence-corrected chi connectivity index (χ2v) is 7.04. The Morgan fingerprint density at radius 3 is 2.55 bits per heavy atom. The predicted molar refractivity (Wildman–Crippen MR) is 90.2 cm³/mol. The summed E-state index contributed by atoms with van der Waals surface area (Å²) in [4.78, 5) is 14.2. The summed E-state index contributed by atoms with van der Waals surface area (Å²) >= 11 is 7.41. The maximum atomic E-state index is 12.3. The van der Waals surface area contributed by atoms with Gasteiger partial charge in [0.2, 0.25) is 5.91 Å². The van der Waals surface area contributed by atoms with Gasteiger partial charge in [0, 0.05) is 11.1 Å². The third-order valence-electron chi connectivity index (χ3n) is 4.22. The van der Waals surface area contributed by atoms with Crippen molar-refractivity contribution in [1.82, 2.24) is 4.90 Å². The Bertz CT molecular complexity index is 642. The highest BCUT2D eigenvalue weighted by atomic mass is 35.5. The predicted octanol–water partition coefficient (Wildman–Crippen LogP) is 4.44. The molecule has 3 nitrogen and oxygen atoms in total. The molecule has 114 valence electrons. The van der Waals surface area contributed by atoms with E-state index in [4.69, 9.17) is 11.6 Å². The quantitative estimate of drug-likeness (QED) is 0.752. The van der Waals surface area contributed by atoms with E-state index < -0.39 is 0 Å². The molecular formula is C17H17ClN2OS. The van der Waals surface area contributed by atoms with Crippen molar-refractivity contribution in [1.29, 1.82) is 5.26 Å². The number of allylic oxidation sites excluding steroid dienone is 1. The molecule has 1 saturated heterocycles. The average Bonchev–Trinajstić information content (AvgIpc) is 2.92. The fraction of sp³-hybridized carbons (Fsp3) is 0.412. The number of nitrogens with zero attached hydrogens (tertiary/aromatic N) is 2. The monoisotopic (exact) mass is 332 g/mol. The Labute approximate surface area is 139 Å². The molecule has 0 N–H and O–H groups in total. The molecule has 0 radical (unpaired) electrons. The van der Waals surface area contributed by atoms with Crippen molar-refractivity contribution in [2.45, 2.75) is 38.1 Å². The molecule has 0 atom stereocenters. The molecule has 22 heavy (non-hydrogen) atoms. The van der Waals surface area contributed by atoms with Crippen LogP contribution in [0.25, 0.3) is 5.57 Å². The summed E-state index contributed by atoms with van der Waals surface area (Å²) in [5.41, 5.74) is 1.41. The van der Waals surface area contributed by atoms with Gasteiger partial charge in [-0.25, -0.2) is 0 Å². The van der Waals surface area contributed by atoms with Crippen LogP contribution in [-0.2, 0) is 4.79 Å². The molecule has 0 unspecified atom stereocenters. The molecule has 1 aromatic rings. The Morgan fingerprint density at radius 1 is 1.23 bits per heavy atom. The zero-order chi connectivity index (χ0) is 15.5. The summed E-state index contributed by atoms with van der Waals surface area (Å²) < 4.78 is 0. The molecule has 5 heteroatoms. The molecule has 1 aromatic carbocycles. The molecule has 2 fully saturated rings. The molecule has 0 aromatic heterocycles. The Kier molecular flexibility index (Phi) is 4.75. The molecule has 2 aliphatic rings. The van der Waals surface area contributed by atoms with Crippen LogP contribution in [0.3, 0.4) is 0 Å². The van der Waals surface area contributed by atoms with Crippen LogP contribution >= 0.6 is 23.4 Å². The molecule has 1 amide bonds. The van der Waals surface area contributed by atoms with Crippen LogP contribution in [0, 0.1) is 11.3 Å². The van der Waals surface area contributed by atoms with E-state index in [-0.39, 0.29) is 11.9 Å². The highest BCUT2D eigenvalue weighted by Gasteiger charge is 2.35. The standard InChI is InChI=1S/C17H17ClN2OS/c18-13-8-6-12(7-9-13)15(10-19)17-20(16(21)11-22-17)14-4-2-1-3-5-14/h6-9,14H,1-5,11H2/b17-15-. The lowest BCUT2D eigenvalue weighted by Gasteiger charge is -2.31. The zero-order valence-electron chi connectivity index (χ0n) is 12.2. The fourth-order valence-electron chi connectivity index (χ4n) is 3.14. The third kappa shape index (κ3) is 3.02. The first-order valence-electron chi connectivity index (χ1n) is 7.56. The van der Waals surface area contributed by atoms with Gasteiger partial charge in [-0.15, -0.1) is 0 Å². The van der Waals surface area contributed by atoms with Gasteiger partial charge >= 0.3 is 0 Å². The number of nitriles is 1. The van der Waals surface area contributed by atoms with Crippen molar-refractivity contribution in [2.24, 2.45) is 0 Å². The van der Waals surface area contributed by atoms with Crippen molar-refractivity contribution < 1.29 is 4.79 Å². The van der Waals surface area contributed by atoms with E-state index in [0.717, 1.165) is 36.3 Å². The first-order chi connectivity index (χ1) is 10.7. The van der Waals surface area contributed by atoms with E-state index in [0.29, 0.717) is 16.3 Å². The topological polar surface area (TPSA) is 44.1 Å². The summed E-state index contributed by atoms with van der Waals surface area (Å²) in [6.07, 6.45) is 5.64. The van der Waals surface area contributed by atoms with Gasteiger partial charge in [0.15, 0.2) is 0 Å².